The number of hydrogen-bond acceptors (Lipinski definition) is 7. The minimum atomic E-state index is -3.98. The molecule has 1 aromatic heterocycles. The van der Waals surface area contributed by atoms with Crippen LogP contribution in [0, 0.1) is 13.8 Å². The number of nitrogens with two attached hydrogens (primary N) is 2. The van der Waals surface area contributed by atoms with Crippen LogP contribution in [0.2, 0.25) is 0 Å². The van der Waals surface area contributed by atoms with E-state index in [1.807, 2.05) is 0 Å². The molecule has 0 bridgehead atoms. The molecule has 0 spiro atoms. The number of aliphatic imine (C=N–C) groups is 1. The first-order valence-electron chi connectivity index (χ1n) is 7.11. The molecular formula is C15H16N6O2S. The Bertz CT molecular complexity index is 995. The summed E-state index contributed by atoms with van der Waals surface area (Å²) in [5.41, 5.74) is 8.57. The van der Waals surface area contributed by atoms with Gasteiger partial charge in [-0.05, 0) is 37.1 Å². The maximum Gasteiger partial charge on any atom is 0.239 e. The maximum atomic E-state index is 12.2. The van der Waals surface area contributed by atoms with E-state index in [1.165, 1.54) is 0 Å². The highest BCUT2D eigenvalue weighted by Crippen LogP contribution is 2.34. The fraction of sp³-hybridized carbons (Fsp3) is 0.200. The number of azo groups is 1. The van der Waals surface area contributed by atoms with Crippen LogP contribution in [0.25, 0.3) is 11.1 Å². The molecule has 0 fully saturated rings. The first-order valence-corrected chi connectivity index (χ1v) is 8.66. The molecule has 8 nitrogen and oxygen atoms in total. The average Bonchev–Trinajstić information content (AvgIpc) is 3.00. The molecule has 0 atom stereocenters. The number of anilines is 1. The first-order chi connectivity index (χ1) is 11.3. The summed E-state index contributed by atoms with van der Waals surface area (Å²) < 4.78 is 24.3. The van der Waals surface area contributed by atoms with Crippen molar-refractivity contribution in [2.75, 3.05) is 12.4 Å². The Labute approximate surface area is 139 Å². The standard InChI is InChI=1S/C15H16N6O2S/c1-8-3-4-11(10-5-6-12(16)20-9(10)2)13(14(8)24(17,22)23)15-18-7-19-21-15/h3-6H,7H2,1-2H3,(H2,16,20)(H2,17,22,23). The number of rotatable bonds is 3. The molecule has 0 unspecified atom stereocenters. The van der Waals surface area contributed by atoms with Gasteiger partial charge in [-0.2, -0.15) is 5.11 Å². The zero-order valence-electron chi connectivity index (χ0n) is 13.2. The van der Waals surface area contributed by atoms with Crippen LogP contribution < -0.4 is 10.9 Å². The number of benzene rings is 1. The van der Waals surface area contributed by atoms with Gasteiger partial charge in [0.15, 0.2) is 12.5 Å². The molecule has 24 heavy (non-hydrogen) atoms. The molecule has 0 saturated carbocycles. The molecular weight excluding hydrogens is 328 g/mol. The van der Waals surface area contributed by atoms with Crippen molar-refractivity contribution in [1.29, 1.82) is 0 Å². The van der Waals surface area contributed by atoms with Crippen LogP contribution in [0.3, 0.4) is 0 Å². The molecule has 1 aromatic carbocycles. The maximum absolute atomic E-state index is 12.2. The number of sulfonamides is 1. The van der Waals surface area contributed by atoms with Gasteiger partial charge in [0.25, 0.3) is 0 Å². The van der Waals surface area contributed by atoms with Crippen LogP contribution in [0.5, 0.6) is 0 Å². The number of amidine groups is 1. The van der Waals surface area contributed by atoms with Crippen molar-refractivity contribution < 1.29 is 8.42 Å². The molecule has 9 heteroatoms. The van der Waals surface area contributed by atoms with E-state index in [0.29, 0.717) is 28.2 Å². The van der Waals surface area contributed by atoms with Gasteiger partial charge in [0, 0.05) is 16.8 Å². The summed E-state index contributed by atoms with van der Waals surface area (Å²) in [4.78, 5) is 8.40. The Hall–Kier alpha value is -2.65. The Morgan fingerprint density at radius 2 is 1.79 bits per heavy atom. The Balaban J connectivity index is 2.41. The summed E-state index contributed by atoms with van der Waals surface area (Å²) in [5.74, 6) is 0.628. The molecule has 2 aromatic rings. The van der Waals surface area contributed by atoms with Crippen molar-refractivity contribution >= 4 is 21.7 Å². The van der Waals surface area contributed by atoms with Crippen LogP contribution in [-0.4, -0.2) is 25.9 Å². The summed E-state index contributed by atoms with van der Waals surface area (Å²) in [7, 11) is -3.98. The highest BCUT2D eigenvalue weighted by Gasteiger charge is 2.26. The van der Waals surface area contributed by atoms with Gasteiger partial charge in [0.1, 0.15) is 5.82 Å². The Kier molecular flexibility index (Phi) is 3.90. The second-order valence-corrected chi connectivity index (χ2v) is 6.91. The van der Waals surface area contributed by atoms with E-state index in [0.717, 1.165) is 5.56 Å². The van der Waals surface area contributed by atoms with E-state index in [-0.39, 0.29) is 17.4 Å². The monoisotopic (exact) mass is 344 g/mol. The van der Waals surface area contributed by atoms with Crippen LogP contribution in [-0.2, 0) is 10.0 Å². The molecule has 0 aliphatic carbocycles. The quantitative estimate of drug-likeness (QED) is 0.876. The van der Waals surface area contributed by atoms with Crippen LogP contribution in [0.4, 0.5) is 5.82 Å². The number of primary sulfonamides is 1. The molecule has 124 valence electrons. The van der Waals surface area contributed by atoms with Gasteiger partial charge in [-0.25, -0.2) is 23.5 Å². The van der Waals surface area contributed by atoms with Crippen molar-refractivity contribution in [2.45, 2.75) is 18.7 Å². The van der Waals surface area contributed by atoms with Gasteiger partial charge < -0.3 is 5.73 Å². The summed E-state index contributed by atoms with van der Waals surface area (Å²) in [6.45, 7) is 3.63. The Morgan fingerprint density at radius 1 is 1.08 bits per heavy atom. The lowest BCUT2D eigenvalue weighted by molar-refractivity contribution is 0.597. The molecule has 0 amide bonds. The van der Waals surface area contributed by atoms with Gasteiger partial charge in [-0.15, -0.1) is 5.11 Å². The number of aryl methyl sites for hydroxylation is 2. The fourth-order valence-corrected chi connectivity index (χ4v) is 3.73. The molecule has 0 radical (unpaired) electrons. The van der Waals surface area contributed by atoms with Gasteiger partial charge in [0.05, 0.1) is 4.90 Å². The number of aromatic nitrogens is 1. The van der Waals surface area contributed by atoms with Gasteiger partial charge in [0.2, 0.25) is 10.0 Å². The third-order valence-corrected chi connectivity index (χ3v) is 4.80. The minimum Gasteiger partial charge on any atom is -0.384 e. The van der Waals surface area contributed by atoms with Crippen molar-refractivity contribution in [1.82, 2.24) is 4.98 Å². The van der Waals surface area contributed by atoms with Crippen LogP contribution >= 0.6 is 0 Å². The van der Waals surface area contributed by atoms with Crippen molar-refractivity contribution in [3.8, 4) is 11.1 Å². The van der Waals surface area contributed by atoms with E-state index in [4.69, 9.17) is 10.9 Å². The largest absolute Gasteiger partial charge is 0.384 e. The summed E-state index contributed by atoms with van der Waals surface area (Å²) in [6, 6.07) is 6.93. The lowest BCUT2D eigenvalue weighted by Crippen LogP contribution is -2.19. The van der Waals surface area contributed by atoms with Crippen LogP contribution in [0.1, 0.15) is 16.8 Å². The predicted molar refractivity (Wildman–Crippen MR) is 91.2 cm³/mol. The van der Waals surface area contributed by atoms with E-state index >= 15 is 0 Å². The highest BCUT2D eigenvalue weighted by atomic mass is 32.2. The highest BCUT2D eigenvalue weighted by molar-refractivity contribution is 7.89. The van der Waals surface area contributed by atoms with Crippen molar-refractivity contribution in [3.05, 3.63) is 41.1 Å². The predicted octanol–water partition coefficient (Wildman–Crippen LogP) is 1.76. The summed E-state index contributed by atoms with van der Waals surface area (Å²) >= 11 is 0. The van der Waals surface area contributed by atoms with E-state index in [1.54, 1.807) is 38.1 Å². The van der Waals surface area contributed by atoms with E-state index < -0.39 is 10.0 Å². The van der Waals surface area contributed by atoms with E-state index in [2.05, 4.69) is 20.2 Å². The summed E-state index contributed by atoms with van der Waals surface area (Å²) in [5, 5.41) is 13.2. The molecule has 3 rings (SSSR count). The average molecular weight is 344 g/mol. The zero-order chi connectivity index (χ0) is 17.5. The fourth-order valence-electron chi connectivity index (χ4n) is 2.72. The first kappa shape index (κ1) is 16.2. The van der Waals surface area contributed by atoms with E-state index in [9.17, 15) is 8.42 Å². The molecule has 1 aliphatic rings. The summed E-state index contributed by atoms with van der Waals surface area (Å²) in [6.07, 6.45) is 0. The molecule has 2 heterocycles. The van der Waals surface area contributed by atoms with Crippen molar-refractivity contribution in [2.24, 2.45) is 20.4 Å². The number of nitrogen functional groups attached to an aromatic ring is 1. The molecule has 1 aliphatic heterocycles. The van der Waals surface area contributed by atoms with Gasteiger partial charge in [-0.1, -0.05) is 12.1 Å². The van der Waals surface area contributed by atoms with Crippen LogP contribution in [0.15, 0.2) is 44.4 Å². The number of pyridine rings is 1. The minimum absolute atomic E-state index is 0.00387. The second-order valence-electron chi connectivity index (χ2n) is 5.41. The zero-order valence-corrected chi connectivity index (χ0v) is 14.0. The second kappa shape index (κ2) is 5.77. The van der Waals surface area contributed by atoms with Crippen molar-refractivity contribution in [3.63, 3.8) is 0 Å². The van der Waals surface area contributed by atoms with Gasteiger partial charge >= 0.3 is 0 Å². The normalized spacial score (nSPS) is 14.0. The third kappa shape index (κ3) is 2.79. The third-order valence-electron chi connectivity index (χ3n) is 3.71. The molecule has 4 N–H and O–H groups in total. The molecule has 0 saturated heterocycles. The number of hydrogen-bond donors (Lipinski definition) is 2. The SMILES string of the molecule is Cc1ccc(-c2ccc(N)nc2C)c(C2=NCN=N2)c1S(N)(=O)=O. The smallest absolute Gasteiger partial charge is 0.239 e. The lowest BCUT2D eigenvalue weighted by Gasteiger charge is -2.16. The van der Waals surface area contributed by atoms with Gasteiger partial charge in [-0.3, -0.25) is 0 Å². The lowest BCUT2D eigenvalue weighted by atomic mass is 9.96. The Morgan fingerprint density at radius 3 is 2.38 bits per heavy atom. The number of nitrogens with zero attached hydrogens (tertiary/aromatic N) is 4. The topological polar surface area (TPSA) is 136 Å².